The first kappa shape index (κ1) is 11.1. The first-order valence-corrected chi connectivity index (χ1v) is 5.01. The highest BCUT2D eigenvalue weighted by Crippen LogP contribution is 2.16. The van der Waals surface area contributed by atoms with Crippen LogP contribution in [0.15, 0.2) is 52.7 Å². The van der Waals surface area contributed by atoms with Crippen LogP contribution in [0.2, 0.25) is 0 Å². The summed E-state index contributed by atoms with van der Waals surface area (Å²) in [7, 11) is 1.59. The molecule has 0 spiro atoms. The van der Waals surface area contributed by atoms with E-state index in [1.54, 1.807) is 37.6 Å². The smallest absolute Gasteiger partial charge is 0.181 e. The van der Waals surface area contributed by atoms with Gasteiger partial charge in [0.05, 0.1) is 7.11 Å². The second kappa shape index (κ2) is 4.61. The Bertz CT molecular complexity index is 543. The number of nitrogens with zero attached hydrogens (tertiary/aromatic N) is 3. The Hall–Kier alpha value is -2.43. The molecule has 17 heavy (non-hydrogen) atoms. The number of nitrogens with two attached hydrogens (primary N) is 1. The number of hydrogen-bond acceptors (Lipinski definition) is 5. The molecule has 0 atom stereocenters. The van der Waals surface area contributed by atoms with Gasteiger partial charge in [-0.1, -0.05) is 12.7 Å². The lowest BCUT2D eigenvalue weighted by molar-refractivity contribution is 0.414. The van der Waals surface area contributed by atoms with E-state index >= 15 is 0 Å². The molecule has 86 valence electrons. The second-order valence-corrected chi connectivity index (χ2v) is 3.30. The van der Waals surface area contributed by atoms with E-state index in [2.05, 4.69) is 21.5 Å². The zero-order valence-electron chi connectivity index (χ0n) is 9.42. The number of rotatable bonds is 3. The summed E-state index contributed by atoms with van der Waals surface area (Å²) in [4.78, 5) is 12.6. The maximum atomic E-state index is 5.72. The topological polar surface area (TPSA) is 72.9 Å². The molecule has 5 heteroatoms. The highest BCUT2D eigenvalue weighted by Gasteiger charge is 2.15. The van der Waals surface area contributed by atoms with E-state index in [-0.39, 0.29) is 0 Å². The standard InChI is InChI=1S/C12H12N4O/c1-3-4-9-11(13)16-12(15-9)10-7-8(17-2)5-6-14-10/h3-7H,1H2,2H3,(H2,13,15,16)/b9-4-. The van der Waals surface area contributed by atoms with Crippen LogP contribution >= 0.6 is 0 Å². The van der Waals surface area contributed by atoms with Crippen molar-refractivity contribution in [2.75, 3.05) is 7.11 Å². The summed E-state index contributed by atoms with van der Waals surface area (Å²) in [6.45, 7) is 3.59. The third kappa shape index (κ3) is 2.23. The molecule has 0 saturated carbocycles. The molecule has 0 fully saturated rings. The molecule has 1 aromatic rings. The van der Waals surface area contributed by atoms with Gasteiger partial charge in [-0.3, -0.25) is 4.98 Å². The monoisotopic (exact) mass is 228 g/mol. The van der Waals surface area contributed by atoms with E-state index in [0.717, 1.165) is 0 Å². The molecule has 1 aromatic heterocycles. The van der Waals surface area contributed by atoms with E-state index in [0.29, 0.717) is 28.8 Å². The summed E-state index contributed by atoms with van der Waals surface area (Å²) in [5.41, 5.74) is 6.95. The van der Waals surface area contributed by atoms with Crippen LogP contribution in [-0.4, -0.2) is 23.8 Å². The summed E-state index contributed by atoms with van der Waals surface area (Å²) in [5.74, 6) is 1.55. The fraction of sp³-hybridized carbons (Fsp3) is 0.0833. The Balaban J connectivity index is 2.39. The molecule has 2 rings (SSSR count). The number of methoxy groups -OCH3 is 1. The normalized spacial score (nSPS) is 16.6. The Labute approximate surface area is 99.1 Å². The average Bonchev–Trinajstić information content (AvgIpc) is 2.72. The maximum Gasteiger partial charge on any atom is 0.181 e. The van der Waals surface area contributed by atoms with Crippen molar-refractivity contribution >= 4 is 11.7 Å². The number of aliphatic imine (C=N–C) groups is 2. The molecule has 0 saturated heterocycles. The molecule has 0 aromatic carbocycles. The van der Waals surface area contributed by atoms with Gasteiger partial charge in [0.1, 0.15) is 17.1 Å². The summed E-state index contributed by atoms with van der Waals surface area (Å²) in [6, 6.07) is 3.51. The van der Waals surface area contributed by atoms with Gasteiger partial charge in [0, 0.05) is 12.3 Å². The van der Waals surface area contributed by atoms with Crippen molar-refractivity contribution in [3.05, 3.63) is 48.5 Å². The summed E-state index contributed by atoms with van der Waals surface area (Å²) >= 11 is 0. The largest absolute Gasteiger partial charge is 0.497 e. The Morgan fingerprint density at radius 3 is 2.94 bits per heavy atom. The SMILES string of the molecule is C=C/C=C1\N=C(c2cc(OC)ccn2)N=C1N. The molecule has 2 heterocycles. The highest BCUT2D eigenvalue weighted by atomic mass is 16.5. The molecule has 0 amide bonds. The summed E-state index contributed by atoms with van der Waals surface area (Å²) in [6.07, 6.45) is 4.95. The fourth-order valence-corrected chi connectivity index (χ4v) is 1.38. The summed E-state index contributed by atoms with van der Waals surface area (Å²) in [5, 5.41) is 0. The van der Waals surface area contributed by atoms with Crippen LogP contribution in [0.25, 0.3) is 0 Å². The van der Waals surface area contributed by atoms with Gasteiger partial charge in [0.15, 0.2) is 11.7 Å². The van der Waals surface area contributed by atoms with Crippen molar-refractivity contribution in [1.82, 2.24) is 4.98 Å². The van der Waals surface area contributed by atoms with Crippen LogP contribution in [0.1, 0.15) is 5.69 Å². The van der Waals surface area contributed by atoms with Gasteiger partial charge in [-0.15, -0.1) is 0 Å². The van der Waals surface area contributed by atoms with Crippen molar-refractivity contribution in [2.45, 2.75) is 0 Å². The number of ether oxygens (including phenoxy) is 1. The predicted molar refractivity (Wildman–Crippen MR) is 67.2 cm³/mol. The fourth-order valence-electron chi connectivity index (χ4n) is 1.38. The van der Waals surface area contributed by atoms with E-state index in [1.165, 1.54) is 0 Å². The molecule has 2 N–H and O–H groups in total. The van der Waals surface area contributed by atoms with Crippen LogP contribution in [0.3, 0.4) is 0 Å². The lowest BCUT2D eigenvalue weighted by Gasteiger charge is -2.00. The van der Waals surface area contributed by atoms with Crippen molar-refractivity contribution in [3.8, 4) is 5.75 Å². The van der Waals surface area contributed by atoms with E-state index < -0.39 is 0 Å². The predicted octanol–water partition coefficient (Wildman–Crippen LogP) is 1.28. The minimum absolute atomic E-state index is 0.365. The molecule has 0 radical (unpaired) electrons. The van der Waals surface area contributed by atoms with Gasteiger partial charge in [-0.05, 0) is 12.1 Å². The number of allylic oxidation sites excluding steroid dienone is 2. The zero-order valence-corrected chi connectivity index (χ0v) is 9.42. The lowest BCUT2D eigenvalue weighted by atomic mass is 10.3. The van der Waals surface area contributed by atoms with Gasteiger partial charge in [-0.2, -0.15) is 0 Å². The Morgan fingerprint density at radius 1 is 1.41 bits per heavy atom. The molecule has 1 aliphatic rings. The van der Waals surface area contributed by atoms with Gasteiger partial charge in [0.25, 0.3) is 0 Å². The molecular formula is C12H12N4O. The van der Waals surface area contributed by atoms with Crippen molar-refractivity contribution in [2.24, 2.45) is 15.7 Å². The van der Waals surface area contributed by atoms with Crippen LogP contribution in [-0.2, 0) is 0 Å². The van der Waals surface area contributed by atoms with E-state index in [9.17, 15) is 0 Å². The molecule has 0 aliphatic carbocycles. The Morgan fingerprint density at radius 2 is 2.24 bits per heavy atom. The van der Waals surface area contributed by atoms with Crippen LogP contribution < -0.4 is 10.5 Å². The molecule has 0 unspecified atom stereocenters. The van der Waals surface area contributed by atoms with Gasteiger partial charge >= 0.3 is 0 Å². The minimum Gasteiger partial charge on any atom is -0.497 e. The van der Waals surface area contributed by atoms with Crippen molar-refractivity contribution < 1.29 is 4.74 Å². The maximum absolute atomic E-state index is 5.72. The highest BCUT2D eigenvalue weighted by molar-refractivity contribution is 6.16. The van der Waals surface area contributed by atoms with Gasteiger partial charge in [0.2, 0.25) is 0 Å². The minimum atomic E-state index is 0.365. The summed E-state index contributed by atoms with van der Waals surface area (Å²) < 4.78 is 5.11. The lowest BCUT2D eigenvalue weighted by Crippen LogP contribution is -2.10. The molecular weight excluding hydrogens is 216 g/mol. The molecule has 0 bridgehead atoms. The van der Waals surface area contributed by atoms with E-state index in [4.69, 9.17) is 10.5 Å². The number of hydrogen-bond donors (Lipinski definition) is 1. The van der Waals surface area contributed by atoms with Gasteiger partial charge < -0.3 is 10.5 Å². The molecule has 1 aliphatic heterocycles. The van der Waals surface area contributed by atoms with Crippen LogP contribution in [0, 0.1) is 0 Å². The van der Waals surface area contributed by atoms with E-state index in [1.807, 2.05) is 0 Å². The number of aromatic nitrogens is 1. The van der Waals surface area contributed by atoms with Crippen molar-refractivity contribution in [1.29, 1.82) is 0 Å². The van der Waals surface area contributed by atoms with Crippen molar-refractivity contribution in [3.63, 3.8) is 0 Å². The first-order chi connectivity index (χ1) is 8.24. The number of amidine groups is 2. The molecule has 5 nitrogen and oxygen atoms in total. The Kier molecular flexibility index (Phi) is 3.00. The number of pyridine rings is 1. The second-order valence-electron chi connectivity index (χ2n) is 3.30. The van der Waals surface area contributed by atoms with Crippen LogP contribution in [0.5, 0.6) is 5.75 Å². The zero-order chi connectivity index (χ0) is 12.3. The first-order valence-electron chi connectivity index (χ1n) is 5.01. The van der Waals surface area contributed by atoms with Crippen LogP contribution in [0.4, 0.5) is 0 Å². The third-order valence-corrected chi connectivity index (χ3v) is 2.19. The van der Waals surface area contributed by atoms with Gasteiger partial charge in [-0.25, -0.2) is 9.98 Å². The quantitative estimate of drug-likeness (QED) is 0.846. The third-order valence-electron chi connectivity index (χ3n) is 2.19. The average molecular weight is 228 g/mol.